The first-order chi connectivity index (χ1) is 14.6. The minimum atomic E-state index is -4.20. The summed E-state index contributed by atoms with van der Waals surface area (Å²) < 4.78 is 27.7. The summed E-state index contributed by atoms with van der Waals surface area (Å²) in [6, 6.07) is 15.8. The smallest absolute Gasteiger partial charge is 0.268 e. The van der Waals surface area contributed by atoms with Crippen LogP contribution in [0.15, 0.2) is 71.6 Å². The summed E-state index contributed by atoms with van der Waals surface area (Å²) in [5.41, 5.74) is 2.34. The molecule has 0 radical (unpaired) electrons. The normalized spacial score (nSPS) is 11.6. The molecule has 1 amide bonds. The van der Waals surface area contributed by atoms with Crippen LogP contribution in [0, 0.1) is 13.8 Å². The van der Waals surface area contributed by atoms with Crippen LogP contribution in [0.1, 0.15) is 16.7 Å². The van der Waals surface area contributed by atoms with Crippen molar-refractivity contribution in [3.05, 3.63) is 98.5 Å². The van der Waals surface area contributed by atoms with Crippen LogP contribution in [0.2, 0.25) is 15.1 Å². The summed E-state index contributed by atoms with van der Waals surface area (Å²) in [6.07, 6.45) is 2.68. The van der Waals surface area contributed by atoms with Gasteiger partial charge in [0, 0.05) is 11.1 Å². The lowest BCUT2D eigenvalue weighted by molar-refractivity contribution is -0.113. The van der Waals surface area contributed by atoms with Gasteiger partial charge in [-0.05, 0) is 79.1 Å². The number of carbonyl (C=O) groups is 1. The second-order valence-corrected chi connectivity index (χ2v) is 9.90. The Balaban J connectivity index is 2.10. The van der Waals surface area contributed by atoms with Crippen molar-refractivity contribution in [2.24, 2.45) is 0 Å². The van der Waals surface area contributed by atoms with E-state index in [9.17, 15) is 13.2 Å². The molecule has 0 saturated heterocycles. The molecule has 0 unspecified atom stereocenters. The molecular weight excluding hydrogens is 477 g/mol. The highest BCUT2D eigenvalue weighted by Gasteiger charge is 2.31. The van der Waals surface area contributed by atoms with E-state index in [0.29, 0.717) is 26.2 Å². The molecule has 0 aromatic heterocycles. The summed E-state index contributed by atoms with van der Waals surface area (Å²) in [4.78, 5) is 13.1. The third kappa shape index (κ3) is 5.31. The molecule has 31 heavy (non-hydrogen) atoms. The van der Waals surface area contributed by atoms with Crippen molar-refractivity contribution in [2.45, 2.75) is 18.7 Å². The number of anilines is 1. The molecule has 0 aliphatic carbocycles. The Labute approximate surface area is 196 Å². The number of rotatable bonds is 5. The molecule has 0 heterocycles. The lowest BCUT2D eigenvalue weighted by Gasteiger charge is -2.23. The minimum Gasteiger partial charge on any atom is -0.268 e. The molecule has 0 N–H and O–H groups in total. The van der Waals surface area contributed by atoms with Gasteiger partial charge in [0.25, 0.3) is 15.9 Å². The van der Waals surface area contributed by atoms with Crippen molar-refractivity contribution in [1.29, 1.82) is 0 Å². The topological polar surface area (TPSA) is 54.5 Å². The molecule has 3 aromatic carbocycles. The van der Waals surface area contributed by atoms with E-state index < -0.39 is 15.9 Å². The Kier molecular flexibility index (Phi) is 7.12. The Morgan fingerprint density at radius 1 is 0.871 bits per heavy atom. The van der Waals surface area contributed by atoms with E-state index >= 15 is 0 Å². The lowest BCUT2D eigenvalue weighted by Crippen LogP contribution is -2.36. The predicted octanol–water partition coefficient (Wildman–Crippen LogP) is 6.70. The molecule has 0 spiro atoms. The first kappa shape index (κ1) is 23.4. The summed E-state index contributed by atoms with van der Waals surface area (Å²) in [5.74, 6) is -0.727. The molecule has 0 aliphatic heterocycles. The number of nitrogens with zero attached hydrogens (tertiary/aromatic N) is 1. The Morgan fingerprint density at radius 2 is 1.55 bits per heavy atom. The van der Waals surface area contributed by atoms with Crippen LogP contribution in [0.4, 0.5) is 5.69 Å². The third-order valence-electron chi connectivity index (χ3n) is 4.50. The number of halogens is 3. The van der Waals surface area contributed by atoms with Gasteiger partial charge in [-0.25, -0.2) is 8.42 Å². The monoisotopic (exact) mass is 493 g/mol. The number of hydrogen-bond donors (Lipinski definition) is 0. The van der Waals surface area contributed by atoms with Gasteiger partial charge >= 0.3 is 0 Å². The lowest BCUT2D eigenvalue weighted by atomic mass is 10.1. The van der Waals surface area contributed by atoms with E-state index in [4.69, 9.17) is 34.8 Å². The maximum atomic E-state index is 13.4. The van der Waals surface area contributed by atoms with E-state index in [1.165, 1.54) is 36.4 Å². The largest absolute Gasteiger partial charge is 0.271 e. The van der Waals surface area contributed by atoms with Crippen molar-refractivity contribution in [3.8, 4) is 0 Å². The molecule has 0 saturated carbocycles. The number of amides is 1. The highest BCUT2D eigenvalue weighted by atomic mass is 35.5. The summed E-state index contributed by atoms with van der Waals surface area (Å²) in [6.45, 7) is 3.57. The highest BCUT2D eigenvalue weighted by Crippen LogP contribution is 2.29. The van der Waals surface area contributed by atoms with E-state index in [1.54, 1.807) is 37.3 Å². The average molecular weight is 495 g/mol. The van der Waals surface area contributed by atoms with Gasteiger partial charge in [-0.1, -0.05) is 53.0 Å². The summed E-state index contributed by atoms with van der Waals surface area (Å²) in [7, 11) is -4.20. The number of hydrogen-bond acceptors (Lipinski definition) is 3. The van der Waals surface area contributed by atoms with E-state index in [0.717, 1.165) is 9.87 Å². The van der Waals surface area contributed by atoms with Gasteiger partial charge in [0.05, 0.1) is 20.6 Å². The first-order valence-corrected chi connectivity index (χ1v) is 11.7. The zero-order valence-electron chi connectivity index (χ0n) is 16.6. The second-order valence-electron chi connectivity index (χ2n) is 6.86. The SMILES string of the molecule is Cc1ccc(C)c(N(C(=O)/C=C/c2ccc(Cl)c(Cl)c2)S(=O)(=O)c2ccc(Cl)cc2)c1. The van der Waals surface area contributed by atoms with Gasteiger partial charge < -0.3 is 0 Å². The average Bonchev–Trinajstić information content (AvgIpc) is 2.72. The van der Waals surface area contributed by atoms with Crippen LogP contribution >= 0.6 is 34.8 Å². The quantitative estimate of drug-likeness (QED) is 0.371. The highest BCUT2D eigenvalue weighted by molar-refractivity contribution is 7.93. The van der Waals surface area contributed by atoms with Gasteiger partial charge in [-0.2, -0.15) is 4.31 Å². The molecule has 160 valence electrons. The fraction of sp³-hybridized carbons (Fsp3) is 0.0870. The number of benzene rings is 3. The van der Waals surface area contributed by atoms with Crippen molar-refractivity contribution < 1.29 is 13.2 Å². The molecule has 0 fully saturated rings. The zero-order valence-corrected chi connectivity index (χ0v) is 19.7. The van der Waals surface area contributed by atoms with Crippen LogP contribution in [-0.4, -0.2) is 14.3 Å². The van der Waals surface area contributed by atoms with Crippen LogP contribution in [0.25, 0.3) is 6.08 Å². The number of aryl methyl sites for hydroxylation is 2. The fourth-order valence-corrected chi connectivity index (χ4v) is 4.74. The number of sulfonamides is 1. The van der Waals surface area contributed by atoms with Gasteiger partial charge in [0.1, 0.15) is 0 Å². The maximum absolute atomic E-state index is 13.4. The van der Waals surface area contributed by atoms with Crippen LogP contribution in [0.3, 0.4) is 0 Å². The van der Waals surface area contributed by atoms with Gasteiger partial charge in [-0.3, -0.25) is 4.79 Å². The van der Waals surface area contributed by atoms with Crippen molar-refractivity contribution in [3.63, 3.8) is 0 Å². The molecule has 3 aromatic rings. The maximum Gasteiger partial charge on any atom is 0.271 e. The molecule has 0 bridgehead atoms. The Morgan fingerprint density at radius 3 is 2.19 bits per heavy atom. The third-order valence-corrected chi connectivity index (χ3v) is 7.21. The molecule has 3 rings (SSSR count). The zero-order chi connectivity index (χ0) is 22.8. The van der Waals surface area contributed by atoms with Gasteiger partial charge in [0.15, 0.2) is 0 Å². The molecular formula is C23H18Cl3NO3S. The fourth-order valence-electron chi connectivity index (χ4n) is 2.87. The van der Waals surface area contributed by atoms with E-state index in [-0.39, 0.29) is 10.6 Å². The van der Waals surface area contributed by atoms with Crippen LogP contribution < -0.4 is 4.31 Å². The van der Waals surface area contributed by atoms with Gasteiger partial charge in [0.2, 0.25) is 0 Å². The van der Waals surface area contributed by atoms with Crippen molar-refractivity contribution >= 4 is 62.5 Å². The summed E-state index contributed by atoms with van der Waals surface area (Å²) in [5, 5.41) is 1.10. The number of carbonyl (C=O) groups excluding carboxylic acids is 1. The van der Waals surface area contributed by atoms with Crippen molar-refractivity contribution in [1.82, 2.24) is 0 Å². The predicted molar refractivity (Wildman–Crippen MR) is 128 cm³/mol. The Hall–Kier alpha value is -2.31. The first-order valence-electron chi connectivity index (χ1n) is 9.15. The summed E-state index contributed by atoms with van der Waals surface area (Å²) >= 11 is 17.8. The van der Waals surface area contributed by atoms with Crippen LogP contribution in [-0.2, 0) is 14.8 Å². The minimum absolute atomic E-state index is 0.0471. The second kappa shape index (κ2) is 9.45. The van der Waals surface area contributed by atoms with Crippen LogP contribution in [0.5, 0.6) is 0 Å². The van der Waals surface area contributed by atoms with Gasteiger partial charge in [-0.15, -0.1) is 0 Å². The Bertz CT molecular complexity index is 1270. The molecule has 4 nitrogen and oxygen atoms in total. The van der Waals surface area contributed by atoms with Crippen molar-refractivity contribution in [2.75, 3.05) is 4.31 Å². The van der Waals surface area contributed by atoms with E-state index in [2.05, 4.69) is 0 Å². The van der Waals surface area contributed by atoms with E-state index in [1.807, 2.05) is 13.0 Å². The molecule has 0 atom stereocenters. The molecule has 8 heteroatoms. The molecule has 0 aliphatic rings. The standard InChI is InChI=1S/C23H18Cl3NO3S/c1-15-3-4-16(2)22(13-15)27(31(29,30)19-9-7-18(24)8-10-19)23(28)12-6-17-5-11-20(25)21(26)14-17/h3-14H,1-2H3/b12-6+.